The Morgan fingerprint density at radius 2 is 1.69 bits per heavy atom. The lowest BCUT2D eigenvalue weighted by atomic mass is 10.0. The van der Waals surface area contributed by atoms with Crippen molar-refractivity contribution >= 4 is 5.78 Å². The Morgan fingerprint density at radius 3 is 2.12 bits per heavy atom. The van der Waals surface area contributed by atoms with Gasteiger partial charge in [-0.25, -0.2) is 0 Å². The lowest BCUT2D eigenvalue weighted by molar-refractivity contribution is -0.316. The van der Waals surface area contributed by atoms with Gasteiger partial charge in [0.2, 0.25) is 11.6 Å². The zero-order chi connectivity index (χ0) is 12.8. The fourth-order valence-electron chi connectivity index (χ4n) is 1.00. The Bertz CT molecular complexity index is 255. The summed E-state index contributed by atoms with van der Waals surface area (Å²) in [5, 5.41) is 44.1. The summed E-state index contributed by atoms with van der Waals surface area (Å²) in [6, 6.07) is 0. The summed E-state index contributed by atoms with van der Waals surface area (Å²) in [7, 11) is 0. The number of ketones is 1. The fraction of sp³-hybridized carbons (Fsp3) is 0.667. The smallest absolute Gasteiger partial charge is 0.275 e. The molecule has 0 unspecified atom stereocenters. The average molecular weight is 235 g/mol. The molecule has 7 nitrogen and oxygen atoms in total. The molecular formula is C9H17NO6. The molecule has 0 aromatic heterocycles. The van der Waals surface area contributed by atoms with E-state index in [0.29, 0.717) is 0 Å². The van der Waals surface area contributed by atoms with Crippen molar-refractivity contribution in [2.24, 2.45) is 5.73 Å². The zero-order valence-corrected chi connectivity index (χ0v) is 8.70. The monoisotopic (exact) mass is 235 g/mol. The number of carbonyl (C=O) groups excluding carboxylic acids is 1. The van der Waals surface area contributed by atoms with Crippen LogP contribution < -0.4 is 5.73 Å². The van der Waals surface area contributed by atoms with Crippen LogP contribution >= 0.6 is 0 Å². The summed E-state index contributed by atoms with van der Waals surface area (Å²) in [6.45, 7) is 0.0921. The number of hydrogen-bond acceptors (Lipinski definition) is 7. The van der Waals surface area contributed by atoms with E-state index in [1.54, 1.807) is 0 Å². The van der Waals surface area contributed by atoms with Gasteiger partial charge in [0.05, 0.1) is 0 Å². The Kier molecular flexibility index (Phi) is 5.73. The molecule has 0 aliphatic heterocycles. The van der Waals surface area contributed by atoms with Gasteiger partial charge in [0, 0.05) is 19.4 Å². The van der Waals surface area contributed by atoms with Gasteiger partial charge >= 0.3 is 0 Å². The maximum atomic E-state index is 11.1. The highest BCUT2D eigenvalue weighted by atomic mass is 16.7. The van der Waals surface area contributed by atoms with Crippen molar-refractivity contribution in [1.29, 1.82) is 0 Å². The first-order valence-corrected chi connectivity index (χ1v) is 4.72. The lowest BCUT2D eigenvalue weighted by Crippen LogP contribution is -2.38. The van der Waals surface area contributed by atoms with Crippen LogP contribution in [-0.2, 0) is 4.79 Å². The number of nitrogens with two attached hydrogens (primary N) is 1. The molecule has 0 aliphatic rings. The van der Waals surface area contributed by atoms with E-state index in [9.17, 15) is 15.0 Å². The quantitative estimate of drug-likeness (QED) is 0.212. The highest BCUT2D eigenvalue weighted by molar-refractivity contribution is 5.95. The minimum atomic E-state index is -2.87. The largest absolute Gasteiger partial charge is 0.359 e. The predicted octanol–water partition coefficient (Wildman–Crippen LogP) is -2.45. The molecule has 0 amide bonds. The van der Waals surface area contributed by atoms with E-state index in [0.717, 1.165) is 6.08 Å². The second-order valence-electron chi connectivity index (χ2n) is 3.45. The van der Waals surface area contributed by atoms with Crippen molar-refractivity contribution in [1.82, 2.24) is 0 Å². The maximum absolute atomic E-state index is 11.1. The van der Waals surface area contributed by atoms with Crippen LogP contribution in [0.2, 0.25) is 0 Å². The molecule has 0 radical (unpaired) electrons. The zero-order valence-electron chi connectivity index (χ0n) is 8.70. The highest BCUT2D eigenvalue weighted by Crippen LogP contribution is 2.16. The number of aliphatic hydroxyl groups is 5. The first-order valence-electron chi connectivity index (χ1n) is 4.72. The van der Waals surface area contributed by atoms with Gasteiger partial charge in [-0.2, -0.15) is 0 Å². The van der Waals surface area contributed by atoms with Gasteiger partial charge < -0.3 is 31.3 Å². The topological polar surface area (TPSA) is 144 Å². The molecule has 0 fully saturated rings. The Hall–Kier alpha value is -0.830. The first-order chi connectivity index (χ1) is 7.19. The van der Waals surface area contributed by atoms with Crippen molar-refractivity contribution in [2.45, 2.75) is 31.0 Å². The molecule has 0 aromatic rings. The van der Waals surface area contributed by atoms with Crippen LogP contribution in [0.25, 0.3) is 0 Å². The molecule has 0 heterocycles. The molecule has 7 heteroatoms. The van der Waals surface area contributed by atoms with Gasteiger partial charge in [-0.05, 0) is 12.5 Å². The summed E-state index contributed by atoms with van der Waals surface area (Å²) in [5.41, 5.74) is 5.08. The molecule has 0 atom stereocenters. The van der Waals surface area contributed by atoms with E-state index in [2.05, 4.69) is 0 Å². The Morgan fingerprint density at radius 1 is 1.12 bits per heavy atom. The van der Waals surface area contributed by atoms with E-state index >= 15 is 0 Å². The molecule has 7 N–H and O–H groups in total. The summed E-state index contributed by atoms with van der Waals surface area (Å²) >= 11 is 0. The van der Waals surface area contributed by atoms with Crippen molar-refractivity contribution in [3.05, 3.63) is 12.2 Å². The van der Waals surface area contributed by atoms with Crippen molar-refractivity contribution in [3.8, 4) is 0 Å². The summed E-state index contributed by atoms with van der Waals surface area (Å²) in [6.07, 6.45) is 1.12. The Labute approximate surface area is 92.4 Å². The van der Waals surface area contributed by atoms with Crippen LogP contribution in [0.5, 0.6) is 0 Å². The molecule has 0 saturated heterocycles. The molecule has 0 rings (SSSR count). The average Bonchev–Trinajstić information content (AvgIpc) is 2.11. The molecule has 0 aromatic carbocycles. The van der Waals surface area contributed by atoms with Crippen molar-refractivity contribution in [2.75, 3.05) is 6.54 Å². The van der Waals surface area contributed by atoms with Crippen molar-refractivity contribution in [3.63, 3.8) is 0 Å². The SMILES string of the molecule is NCC=CC(=O)C(O)(O)CCCC(O)(O)O. The van der Waals surface area contributed by atoms with Gasteiger partial charge in [-0.15, -0.1) is 0 Å². The fourth-order valence-corrected chi connectivity index (χ4v) is 1.00. The molecular weight excluding hydrogens is 218 g/mol. The molecule has 0 bridgehead atoms. The third-order valence-electron chi connectivity index (χ3n) is 1.84. The lowest BCUT2D eigenvalue weighted by Gasteiger charge is -2.20. The standard InChI is InChI=1S/C9H17NO6/c10-6-1-3-7(11)8(12,13)4-2-5-9(14,15)16/h1,3,12-16H,2,4-6,10H2. The number of hydrogen-bond donors (Lipinski definition) is 6. The summed E-state index contributed by atoms with van der Waals surface area (Å²) in [4.78, 5) is 11.1. The van der Waals surface area contributed by atoms with E-state index in [1.165, 1.54) is 6.08 Å². The van der Waals surface area contributed by atoms with Crippen LogP contribution in [0.3, 0.4) is 0 Å². The molecule has 16 heavy (non-hydrogen) atoms. The van der Waals surface area contributed by atoms with E-state index in [-0.39, 0.29) is 13.0 Å². The van der Waals surface area contributed by atoms with Crippen LogP contribution in [0.4, 0.5) is 0 Å². The summed E-state index contributed by atoms with van der Waals surface area (Å²) < 4.78 is 0. The van der Waals surface area contributed by atoms with E-state index in [1.807, 2.05) is 0 Å². The minimum Gasteiger partial charge on any atom is -0.359 e. The third kappa shape index (κ3) is 6.62. The van der Waals surface area contributed by atoms with Gasteiger partial charge in [-0.3, -0.25) is 4.79 Å². The van der Waals surface area contributed by atoms with Gasteiger partial charge in [0.1, 0.15) is 0 Å². The second kappa shape index (κ2) is 6.04. The Balaban J connectivity index is 4.14. The molecule has 0 aliphatic carbocycles. The minimum absolute atomic E-state index is 0.0921. The van der Waals surface area contributed by atoms with Crippen LogP contribution in [-0.4, -0.2) is 49.6 Å². The van der Waals surface area contributed by atoms with Crippen LogP contribution in [0.1, 0.15) is 19.3 Å². The molecule has 0 saturated carbocycles. The molecule has 0 spiro atoms. The third-order valence-corrected chi connectivity index (χ3v) is 1.84. The predicted molar refractivity (Wildman–Crippen MR) is 53.6 cm³/mol. The van der Waals surface area contributed by atoms with E-state index < -0.39 is 30.4 Å². The highest BCUT2D eigenvalue weighted by Gasteiger charge is 2.31. The van der Waals surface area contributed by atoms with Gasteiger partial charge in [0.15, 0.2) is 0 Å². The van der Waals surface area contributed by atoms with Crippen LogP contribution in [0, 0.1) is 0 Å². The van der Waals surface area contributed by atoms with E-state index in [4.69, 9.17) is 21.1 Å². The number of rotatable bonds is 7. The molecule has 94 valence electrons. The van der Waals surface area contributed by atoms with Crippen LogP contribution in [0.15, 0.2) is 12.2 Å². The van der Waals surface area contributed by atoms with Gasteiger partial charge in [-0.1, -0.05) is 6.08 Å². The number of carbonyl (C=O) groups is 1. The second-order valence-corrected chi connectivity index (χ2v) is 3.45. The van der Waals surface area contributed by atoms with Crippen molar-refractivity contribution < 1.29 is 30.3 Å². The first kappa shape index (κ1) is 15.2. The van der Waals surface area contributed by atoms with Gasteiger partial charge in [0.25, 0.3) is 5.97 Å². The normalized spacial score (nSPS) is 13.4. The maximum Gasteiger partial charge on any atom is 0.275 e. The summed E-state index contributed by atoms with van der Waals surface area (Å²) in [5.74, 6) is -6.40.